The maximum atomic E-state index is 13.1. The normalized spacial score (nSPS) is 19.3. The van der Waals surface area contributed by atoms with Gasteiger partial charge in [-0.1, -0.05) is 34.6 Å². The molecule has 0 bridgehead atoms. The van der Waals surface area contributed by atoms with Crippen molar-refractivity contribution in [2.45, 2.75) is 105 Å². The van der Waals surface area contributed by atoms with Crippen LogP contribution in [0.5, 0.6) is 0 Å². The Bertz CT molecular complexity index is 809. The lowest BCUT2D eigenvalue weighted by atomic mass is 9.89. The molecule has 1 fully saturated rings. The zero-order valence-electron chi connectivity index (χ0n) is 22.4. The first-order valence-corrected chi connectivity index (χ1v) is 12.2. The molecule has 2 atom stereocenters. The van der Waals surface area contributed by atoms with E-state index in [1.165, 1.54) is 0 Å². The number of piperidine rings is 1. The van der Waals surface area contributed by atoms with E-state index >= 15 is 0 Å². The molecule has 1 heterocycles. The third kappa shape index (κ3) is 11.0. The van der Waals surface area contributed by atoms with Crippen molar-refractivity contribution < 1.29 is 35.9 Å². The fourth-order valence-electron chi connectivity index (χ4n) is 3.75. The highest BCUT2D eigenvalue weighted by Crippen LogP contribution is 2.36. The van der Waals surface area contributed by atoms with Gasteiger partial charge in [-0.25, -0.2) is 4.79 Å². The van der Waals surface area contributed by atoms with Gasteiger partial charge in [0.15, 0.2) is 0 Å². The average molecular weight is 527 g/mol. The van der Waals surface area contributed by atoms with Crippen molar-refractivity contribution in [3.63, 3.8) is 0 Å². The molecule has 1 aromatic rings. The lowest BCUT2D eigenvalue weighted by Crippen LogP contribution is -2.53. The van der Waals surface area contributed by atoms with E-state index in [4.69, 9.17) is 4.74 Å². The highest BCUT2D eigenvalue weighted by Gasteiger charge is 2.38. The number of carbonyl (C=O) groups excluding carboxylic acids is 1. The number of benzene rings is 1. The first-order chi connectivity index (χ1) is 16.2. The number of carbonyl (C=O) groups is 1. The molecule has 2 unspecified atom stereocenters. The van der Waals surface area contributed by atoms with E-state index in [1.807, 2.05) is 13.8 Å². The molecule has 1 N–H and O–H groups in total. The van der Waals surface area contributed by atoms with E-state index in [-0.39, 0.29) is 36.2 Å². The Kier molecular flexibility index (Phi) is 11.1. The molecule has 1 aliphatic rings. The first-order valence-electron chi connectivity index (χ1n) is 12.2. The molecule has 0 saturated carbocycles. The van der Waals surface area contributed by atoms with Crippen molar-refractivity contribution in [2.75, 3.05) is 6.54 Å². The van der Waals surface area contributed by atoms with Crippen molar-refractivity contribution >= 4 is 6.09 Å². The maximum Gasteiger partial charge on any atom is 0.416 e. The summed E-state index contributed by atoms with van der Waals surface area (Å²) in [5, 5.41) is 3.07. The number of nitrogens with one attached hydrogen (secondary N) is 1. The molecule has 0 aromatic heterocycles. The molecule has 1 saturated heterocycles. The first kappa shape index (κ1) is 32.1. The second-order valence-electron chi connectivity index (χ2n) is 11.2. The standard InChI is InChI=1S/C22H30F6N2O2.C4H10/c1-13(2)18-11-17(6-7-30(18)19(31)32-20(3,4)5)29-12-14-8-15(21(23,24)25)10-16(9-14)22(26,27)28;1-4(2)3/h8-10,13,17-18,29H,6-7,11-12H2,1-5H3;4H,1-3H3. The van der Waals surface area contributed by atoms with Crippen LogP contribution in [0.3, 0.4) is 0 Å². The second kappa shape index (κ2) is 12.5. The summed E-state index contributed by atoms with van der Waals surface area (Å²) in [6.07, 6.45) is -9.16. The van der Waals surface area contributed by atoms with Gasteiger partial charge in [0.25, 0.3) is 0 Å². The fraction of sp³-hybridized carbons (Fsp3) is 0.731. The van der Waals surface area contributed by atoms with E-state index in [2.05, 4.69) is 26.1 Å². The minimum Gasteiger partial charge on any atom is -0.444 e. The van der Waals surface area contributed by atoms with Gasteiger partial charge >= 0.3 is 18.4 Å². The summed E-state index contributed by atoms with van der Waals surface area (Å²) in [6, 6.07) is 1.27. The number of nitrogens with zero attached hydrogens (tertiary/aromatic N) is 1. The quantitative estimate of drug-likeness (QED) is 0.406. The number of hydrogen-bond acceptors (Lipinski definition) is 3. The van der Waals surface area contributed by atoms with Crippen LogP contribution < -0.4 is 5.32 Å². The molecular formula is C26H40F6N2O2. The number of rotatable bonds is 4. The summed E-state index contributed by atoms with van der Waals surface area (Å²) in [4.78, 5) is 14.2. The topological polar surface area (TPSA) is 41.6 Å². The minimum atomic E-state index is -4.88. The Hall–Kier alpha value is -1.97. The summed E-state index contributed by atoms with van der Waals surface area (Å²) >= 11 is 0. The van der Waals surface area contributed by atoms with Gasteiger partial charge in [-0.3, -0.25) is 0 Å². The van der Waals surface area contributed by atoms with Crippen LogP contribution in [-0.4, -0.2) is 35.2 Å². The maximum absolute atomic E-state index is 13.1. The van der Waals surface area contributed by atoms with Crippen LogP contribution in [-0.2, 0) is 23.6 Å². The summed E-state index contributed by atoms with van der Waals surface area (Å²) in [7, 11) is 0. The van der Waals surface area contributed by atoms with Crippen molar-refractivity contribution in [3.05, 3.63) is 34.9 Å². The Morgan fingerprint density at radius 3 is 1.83 bits per heavy atom. The van der Waals surface area contributed by atoms with Gasteiger partial charge in [-0.2, -0.15) is 26.3 Å². The van der Waals surface area contributed by atoms with E-state index in [0.717, 1.165) is 18.1 Å². The largest absolute Gasteiger partial charge is 0.444 e. The van der Waals surface area contributed by atoms with Crippen LogP contribution in [0, 0.1) is 11.8 Å². The number of alkyl halides is 6. The van der Waals surface area contributed by atoms with Crippen LogP contribution in [0.1, 0.15) is 84.9 Å². The predicted molar refractivity (Wildman–Crippen MR) is 128 cm³/mol. The monoisotopic (exact) mass is 526 g/mol. The molecule has 0 radical (unpaired) electrons. The smallest absolute Gasteiger partial charge is 0.416 e. The van der Waals surface area contributed by atoms with Crippen molar-refractivity contribution in [2.24, 2.45) is 11.8 Å². The van der Waals surface area contributed by atoms with Gasteiger partial charge in [0, 0.05) is 25.2 Å². The zero-order valence-corrected chi connectivity index (χ0v) is 22.4. The fourth-order valence-corrected chi connectivity index (χ4v) is 3.75. The summed E-state index contributed by atoms with van der Waals surface area (Å²) in [6.45, 7) is 16.0. The second-order valence-corrected chi connectivity index (χ2v) is 11.2. The van der Waals surface area contributed by atoms with Gasteiger partial charge in [-0.15, -0.1) is 0 Å². The van der Waals surface area contributed by atoms with E-state index in [9.17, 15) is 31.1 Å². The van der Waals surface area contributed by atoms with Crippen LogP contribution in [0.2, 0.25) is 0 Å². The van der Waals surface area contributed by atoms with Crippen LogP contribution in [0.25, 0.3) is 0 Å². The molecule has 36 heavy (non-hydrogen) atoms. The number of ether oxygens (including phenoxy) is 1. The lowest BCUT2D eigenvalue weighted by molar-refractivity contribution is -0.143. The number of halogens is 6. The number of likely N-dealkylation sites (tertiary alicyclic amines) is 1. The molecule has 1 aliphatic heterocycles. The summed E-state index contributed by atoms with van der Waals surface area (Å²) in [5.41, 5.74) is -3.40. The number of amides is 1. The van der Waals surface area contributed by atoms with E-state index in [0.29, 0.717) is 19.4 Å². The van der Waals surface area contributed by atoms with Gasteiger partial charge in [0.2, 0.25) is 0 Å². The average Bonchev–Trinajstić information content (AvgIpc) is 2.68. The minimum absolute atomic E-state index is 0.0946. The van der Waals surface area contributed by atoms with Crippen molar-refractivity contribution in [1.29, 1.82) is 0 Å². The molecule has 4 nitrogen and oxygen atoms in total. The molecule has 2 rings (SSSR count). The van der Waals surface area contributed by atoms with Crippen molar-refractivity contribution in [1.82, 2.24) is 10.2 Å². The molecule has 0 aliphatic carbocycles. The van der Waals surface area contributed by atoms with Crippen LogP contribution >= 0.6 is 0 Å². The lowest BCUT2D eigenvalue weighted by Gasteiger charge is -2.42. The summed E-state index contributed by atoms with van der Waals surface area (Å²) in [5.74, 6) is 0.928. The molecule has 1 aromatic carbocycles. The Morgan fingerprint density at radius 2 is 1.44 bits per heavy atom. The molecule has 10 heteroatoms. The van der Waals surface area contributed by atoms with Crippen molar-refractivity contribution in [3.8, 4) is 0 Å². The third-order valence-corrected chi connectivity index (χ3v) is 5.28. The molecule has 208 valence electrons. The highest BCUT2D eigenvalue weighted by molar-refractivity contribution is 5.68. The van der Waals surface area contributed by atoms with Crippen LogP contribution in [0.15, 0.2) is 18.2 Å². The molecular weight excluding hydrogens is 486 g/mol. The Labute approximate surface area is 210 Å². The Balaban J connectivity index is 0.00000150. The van der Waals surface area contributed by atoms with Crippen LogP contribution in [0.4, 0.5) is 31.1 Å². The van der Waals surface area contributed by atoms with E-state index < -0.39 is 35.2 Å². The zero-order chi connectivity index (χ0) is 28.1. The van der Waals surface area contributed by atoms with Gasteiger partial charge in [-0.05, 0) is 69.2 Å². The molecule has 1 amide bonds. The summed E-state index contributed by atoms with van der Waals surface area (Å²) < 4.78 is 83.9. The highest BCUT2D eigenvalue weighted by atomic mass is 19.4. The molecule has 0 spiro atoms. The predicted octanol–water partition coefficient (Wildman–Crippen LogP) is 7.90. The Morgan fingerprint density at radius 1 is 0.972 bits per heavy atom. The van der Waals surface area contributed by atoms with Gasteiger partial charge in [0.1, 0.15) is 5.60 Å². The van der Waals surface area contributed by atoms with E-state index in [1.54, 1.807) is 25.7 Å². The number of hydrogen-bond donors (Lipinski definition) is 1. The SMILES string of the molecule is CC(C)C.CC(C)C1CC(NCc2cc(C(F)(F)F)cc(C(F)(F)F)c2)CCN1C(=O)OC(C)(C)C. The third-order valence-electron chi connectivity index (χ3n) is 5.28. The van der Waals surface area contributed by atoms with Gasteiger partial charge in [0.05, 0.1) is 11.1 Å². The van der Waals surface area contributed by atoms with Gasteiger partial charge < -0.3 is 15.0 Å².